The van der Waals surface area contributed by atoms with Crippen LogP contribution in [0.1, 0.15) is 6.92 Å². The van der Waals surface area contributed by atoms with Gasteiger partial charge in [0.25, 0.3) is 0 Å². The number of hydrogen-bond acceptors (Lipinski definition) is 2. The molecule has 1 aromatic carbocycles. The minimum atomic E-state index is 0.778. The molecule has 0 saturated heterocycles. The molecule has 3 heteroatoms. The van der Waals surface area contributed by atoms with Crippen LogP contribution in [-0.4, -0.2) is 22.9 Å². The first-order chi connectivity index (χ1) is 7.81. The van der Waals surface area contributed by atoms with Crippen molar-refractivity contribution in [1.29, 1.82) is 0 Å². The van der Waals surface area contributed by atoms with E-state index in [-0.39, 0.29) is 0 Å². The second-order valence-corrected chi connectivity index (χ2v) is 3.89. The maximum Gasteiger partial charge on any atom is 0.0686 e. The predicted octanol–water partition coefficient (Wildman–Crippen LogP) is 2.20. The number of nitrogens with one attached hydrogen (secondary N) is 1. The van der Waals surface area contributed by atoms with E-state index in [9.17, 15) is 0 Å². The number of fused-ring (bicyclic) bond motifs is 1. The Morgan fingerprint density at radius 1 is 1.44 bits per heavy atom. The third-order valence-corrected chi connectivity index (χ3v) is 2.55. The Morgan fingerprint density at radius 3 is 3.06 bits per heavy atom. The molecule has 0 aliphatic rings. The Kier molecular flexibility index (Phi) is 3.37. The fourth-order valence-electron chi connectivity index (χ4n) is 1.72. The predicted molar refractivity (Wildman–Crippen MR) is 67.4 cm³/mol. The lowest BCUT2D eigenvalue weighted by Crippen LogP contribution is -2.18. The zero-order chi connectivity index (χ0) is 11.4. The normalized spacial score (nSPS) is 10.8. The van der Waals surface area contributed by atoms with Gasteiger partial charge in [0.1, 0.15) is 0 Å². The van der Waals surface area contributed by atoms with E-state index >= 15 is 0 Å². The molecular formula is C13H17N3. The minimum absolute atomic E-state index is 0.778. The van der Waals surface area contributed by atoms with Crippen molar-refractivity contribution < 1.29 is 0 Å². The Labute approximate surface area is 95.8 Å². The van der Waals surface area contributed by atoms with Crippen molar-refractivity contribution in [3.8, 4) is 0 Å². The van der Waals surface area contributed by atoms with Crippen molar-refractivity contribution in [3.05, 3.63) is 42.6 Å². The van der Waals surface area contributed by atoms with Crippen molar-refractivity contribution >= 4 is 10.9 Å². The molecule has 0 aliphatic heterocycles. The highest BCUT2D eigenvalue weighted by Crippen LogP contribution is 2.13. The van der Waals surface area contributed by atoms with Gasteiger partial charge in [-0.15, -0.1) is 0 Å². The van der Waals surface area contributed by atoms with E-state index in [1.807, 2.05) is 23.0 Å². The lowest BCUT2D eigenvalue weighted by Gasteiger charge is -2.07. The summed E-state index contributed by atoms with van der Waals surface area (Å²) in [6.45, 7) is 8.75. The molecular weight excluding hydrogens is 198 g/mol. The number of benzene rings is 1. The van der Waals surface area contributed by atoms with E-state index in [0.29, 0.717) is 0 Å². The zero-order valence-corrected chi connectivity index (χ0v) is 9.61. The molecule has 0 amide bonds. The molecule has 1 N–H and O–H groups in total. The van der Waals surface area contributed by atoms with Crippen molar-refractivity contribution in [3.63, 3.8) is 0 Å². The summed E-state index contributed by atoms with van der Waals surface area (Å²) in [4.78, 5) is 0. The summed E-state index contributed by atoms with van der Waals surface area (Å²) < 4.78 is 2.00. The second-order valence-electron chi connectivity index (χ2n) is 3.89. The molecule has 2 rings (SSSR count). The van der Waals surface area contributed by atoms with Crippen molar-refractivity contribution in [2.24, 2.45) is 0 Å². The highest BCUT2D eigenvalue weighted by molar-refractivity contribution is 5.78. The Balaban J connectivity index is 2.12. The molecule has 0 saturated carbocycles. The van der Waals surface area contributed by atoms with Gasteiger partial charge < -0.3 is 5.32 Å². The first kappa shape index (κ1) is 10.9. The van der Waals surface area contributed by atoms with Crippen molar-refractivity contribution in [2.45, 2.75) is 13.5 Å². The number of para-hydroxylation sites is 1. The van der Waals surface area contributed by atoms with E-state index in [4.69, 9.17) is 0 Å². The fraction of sp³-hybridized carbons (Fsp3) is 0.308. The summed E-state index contributed by atoms with van der Waals surface area (Å²) in [7, 11) is 0. The van der Waals surface area contributed by atoms with Crippen LogP contribution in [0, 0.1) is 0 Å². The van der Waals surface area contributed by atoms with Gasteiger partial charge in [0, 0.05) is 11.9 Å². The molecule has 2 aromatic rings. The second kappa shape index (κ2) is 4.94. The minimum Gasteiger partial charge on any atom is -0.313 e. The van der Waals surface area contributed by atoms with E-state index in [0.717, 1.165) is 25.2 Å². The molecule has 1 aromatic heterocycles. The third-order valence-electron chi connectivity index (χ3n) is 2.55. The quantitative estimate of drug-likeness (QED) is 0.775. The SMILES string of the molecule is C=C(CNCC)Cn1ncc2ccccc21. The lowest BCUT2D eigenvalue weighted by atomic mass is 10.2. The molecule has 16 heavy (non-hydrogen) atoms. The molecule has 0 fully saturated rings. The van der Waals surface area contributed by atoms with Crippen LogP contribution in [0.3, 0.4) is 0 Å². The maximum absolute atomic E-state index is 4.37. The summed E-state index contributed by atoms with van der Waals surface area (Å²) in [5.41, 5.74) is 2.32. The van der Waals surface area contributed by atoms with Crippen molar-refractivity contribution in [1.82, 2.24) is 15.1 Å². The van der Waals surface area contributed by atoms with Gasteiger partial charge in [0.2, 0.25) is 0 Å². The first-order valence-electron chi connectivity index (χ1n) is 5.59. The zero-order valence-electron chi connectivity index (χ0n) is 9.61. The lowest BCUT2D eigenvalue weighted by molar-refractivity contribution is 0.662. The Hall–Kier alpha value is -1.61. The van der Waals surface area contributed by atoms with Gasteiger partial charge in [-0.05, 0) is 18.2 Å². The molecule has 0 bridgehead atoms. The molecule has 0 spiro atoms. The molecule has 0 atom stereocenters. The van der Waals surface area contributed by atoms with Crippen LogP contribution in [0.25, 0.3) is 10.9 Å². The van der Waals surface area contributed by atoms with Gasteiger partial charge in [-0.25, -0.2) is 0 Å². The number of hydrogen-bond donors (Lipinski definition) is 1. The summed E-state index contributed by atoms with van der Waals surface area (Å²) in [5.74, 6) is 0. The Bertz CT molecular complexity index is 485. The standard InChI is InChI=1S/C13H17N3/c1-3-14-8-11(2)10-16-13-7-5-4-6-12(13)9-15-16/h4-7,9,14H,2-3,8,10H2,1H3. The van der Waals surface area contributed by atoms with Crippen molar-refractivity contribution in [2.75, 3.05) is 13.1 Å². The summed E-state index contributed by atoms with van der Waals surface area (Å²) in [6, 6.07) is 8.23. The average molecular weight is 215 g/mol. The van der Waals surface area contributed by atoms with Crippen LogP contribution in [0.5, 0.6) is 0 Å². The van der Waals surface area contributed by atoms with Crippen LogP contribution >= 0.6 is 0 Å². The number of rotatable bonds is 5. The van der Waals surface area contributed by atoms with E-state index in [1.54, 1.807) is 0 Å². The van der Waals surface area contributed by atoms with Gasteiger partial charge in [-0.1, -0.05) is 31.7 Å². The highest BCUT2D eigenvalue weighted by atomic mass is 15.3. The summed E-state index contributed by atoms with van der Waals surface area (Å²) >= 11 is 0. The van der Waals surface area contributed by atoms with Gasteiger partial charge in [0.15, 0.2) is 0 Å². The van der Waals surface area contributed by atoms with Crippen LogP contribution < -0.4 is 5.32 Å². The van der Waals surface area contributed by atoms with Gasteiger partial charge >= 0.3 is 0 Å². The van der Waals surface area contributed by atoms with E-state index in [2.05, 4.69) is 36.1 Å². The molecule has 3 nitrogen and oxygen atoms in total. The van der Waals surface area contributed by atoms with Gasteiger partial charge in [-0.3, -0.25) is 4.68 Å². The molecule has 0 aliphatic carbocycles. The first-order valence-corrected chi connectivity index (χ1v) is 5.59. The fourth-order valence-corrected chi connectivity index (χ4v) is 1.72. The number of nitrogens with zero attached hydrogens (tertiary/aromatic N) is 2. The van der Waals surface area contributed by atoms with Crippen LogP contribution in [0.2, 0.25) is 0 Å². The monoisotopic (exact) mass is 215 g/mol. The molecule has 0 radical (unpaired) electrons. The smallest absolute Gasteiger partial charge is 0.0686 e. The van der Waals surface area contributed by atoms with Crippen LogP contribution in [0.4, 0.5) is 0 Å². The topological polar surface area (TPSA) is 29.9 Å². The van der Waals surface area contributed by atoms with E-state index in [1.165, 1.54) is 10.9 Å². The maximum atomic E-state index is 4.37. The highest BCUT2D eigenvalue weighted by Gasteiger charge is 2.02. The van der Waals surface area contributed by atoms with Gasteiger partial charge in [-0.2, -0.15) is 5.10 Å². The largest absolute Gasteiger partial charge is 0.313 e. The van der Waals surface area contributed by atoms with Crippen LogP contribution in [-0.2, 0) is 6.54 Å². The van der Waals surface area contributed by atoms with Gasteiger partial charge in [0.05, 0.1) is 18.3 Å². The summed E-state index contributed by atoms with van der Waals surface area (Å²) in [6.07, 6.45) is 1.90. The molecule has 0 unspecified atom stereocenters. The van der Waals surface area contributed by atoms with E-state index < -0.39 is 0 Å². The Morgan fingerprint density at radius 2 is 2.25 bits per heavy atom. The molecule has 84 valence electrons. The number of likely N-dealkylation sites (N-methyl/N-ethyl adjacent to an activating group) is 1. The molecule has 1 heterocycles. The number of aromatic nitrogens is 2. The summed E-state index contributed by atoms with van der Waals surface area (Å²) in [5, 5.41) is 8.82. The van der Waals surface area contributed by atoms with Crippen LogP contribution in [0.15, 0.2) is 42.6 Å². The average Bonchev–Trinajstić information content (AvgIpc) is 2.70. The third kappa shape index (κ3) is 2.31.